The summed E-state index contributed by atoms with van der Waals surface area (Å²) in [5, 5.41) is 13.4. The number of anilines is 1. The second-order valence-electron chi connectivity index (χ2n) is 3.48. The van der Waals surface area contributed by atoms with Gasteiger partial charge in [-0.2, -0.15) is 10.4 Å². The van der Waals surface area contributed by atoms with Crippen LogP contribution in [-0.4, -0.2) is 23.2 Å². The number of aromatic nitrogens is 3. The zero-order chi connectivity index (χ0) is 13.3. The number of nitrogens with zero attached hydrogens (tertiary/aromatic N) is 4. The molecule has 0 radical (unpaired) electrons. The molecule has 0 aliphatic rings. The van der Waals surface area contributed by atoms with Crippen LogP contribution in [0.15, 0.2) is 16.6 Å². The number of thiazole rings is 1. The van der Waals surface area contributed by atoms with Crippen molar-refractivity contribution in [1.29, 1.82) is 5.26 Å². The number of nitrogens with one attached hydrogen (secondary N) is 1. The van der Waals surface area contributed by atoms with Crippen molar-refractivity contribution in [2.45, 2.75) is 11.1 Å². The van der Waals surface area contributed by atoms with Crippen molar-refractivity contribution in [3.8, 4) is 6.07 Å². The van der Waals surface area contributed by atoms with Crippen LogP contribution in [0, 0.1) is 18.3 Å². The van der Waals surface area contributed by atoms with Crippen molar-refractivity contribution in [2.24, 2.45) is 7.05 Å². The largest absolute Gasteiger partial charge is 0.274 e. The van der Waals surface area contributed by atoms with Gasteiger partial charge in [0.05, 0.1) is 11.2 Å². The average molecular weight is 283 g/mol. The van der Waals surface area contributed by atoms with Crippen LogP contribution < -0.4 is 4.72 Å². The fourth-order valence-corrected chi connectivity index (χ4v) is 3.41. The Balaban J connectivity index is 2.37. The third-order valence-corrected chi connectivity index (χ3v) is 4.76. The zero-order valence-electron chi connectivity index (χ0n) is 9.58. The van der Waals surface area contributed by atoms with Crippen LogP contribution in [0.2, 0.25) is 0 Å². The topological polar surface area (TPSA) is 101 Å². The lowest BCUT2D eigenvalue weighted by Crippen LogP contribution is -2.13. The van der Waals surface area contributed by atoms with Crippen LogP contribution in [-0.2, 0) is 17.1 Å². The smallest absolute Gasteiger partial charge is 0.272 e. The molecular weight excluding hydrogens is 274 g/mol. The number of aryl methyl sites for hydroxylation is 2. The molecular formula is C9H9N5O2S2. The summed E-state index contributed by atoms with van der Waals surface area (Å²) in [6.45, 7) is 1.71. The summed E-state index contributed by atoms with van der Waals surface area (Å²) in [7, 11) is -2.13. The molecule has 7 nitrogen and oxygen atoms in total. The van der Waals surface area contributed by atoms with E-state index in [9.17, 15) is 8.42 Å². The first kappa shape index (κ1) is 12.5. The quantitative estimate of drug-likeness (QED) is 0.900. The summed E-state index contributed by atoms with van der Waals surface area (Å²) in [5.41, 5.74) is 0.169. The van der Waals surface area contributed by atoms with Gasteiger partial charge < -0.3 is 0 Å². The van der Waals surface area contributed by atoms with Crippen molar-refractivity contribution < 1.29 is 8.42 Å². The summed E-state index contributed by atoms with van der Waals surface area (Å²) >= 11 is 1.06. The number of nitriles is 1. The molecule has 18 heavy (non-hydrogen) atoms. The fourth-order valence-electron chi connectivity index (χ4n) is 1.29. The van der Waals surface area contributed by atoms with Crippen LogP contribution in [0.4, 0.5) is 5.82 Å². The number of rotatable bonds is 3. The SMILES string of the molecule is Cc1ncc(S(=O)(=O)Nc2nn(C)cc2C#N)s1. The molecule has 0 unspecified atom stereocenters. The predicted octanol–water partition coefficient (Wildman–Crippen LogP) is 0.857. The van der Waals surface area contributed by atoms with E-state index in [0.29, 0.717) is 5.01 Å². The highest BCUT2D eigenvalue weighted by Gasteiger charge is 2.20. The van der Waals surface area contributed by atoms with Gasteiger partial charge in [-0.3, -0.25) is 9.40 Å². The monoisotopic (exact) mass is 283 g/mol. The normalized spacial score (nSPS) is 11.2. The minimum atomic E-state index is -3.73. The van der Waals surface area contributed by atoms with Gasteiger partial charge in [-0.1, -0.05) is 0 Å². The molecule has 0 atom stereocenters. The van der Waals surface area contributed by atoms with E-state index in [4.69, 9.17) is 5.26 Å². The van der Waals surface area contributed by atoms with E-state index in [1.165, 1.54) is 17.1 Å². The number of sulfonamides is 1. The summed E-state index contributed by atoms with van der Waals surface area (Å²) < 4.78 is 27.7. The summed E-state index contributed by atoms with van der Waals surface area (Å²) in [5.74, 6) is 0.0195. The minimum absolute atomic E-state index is 0.0195. The zero-order valence-corrected chi connectivity index (χ0v) is 11.2. The van der Waals surface area contributed by atoms with Crippen LogP contribution in [0.3, 0.4) is 0 Å². The Morgan fingerprint density at radius 2 is 2.28 bits per heavy atom. The molecule has 2 heterocycles. The minimum Gasteiger partial charge on any atom is -0.272 e. The molecule has 0 spiro atoms. The van der Waals surface area contributed by atoms with Gasteiger partial charge in [0, 0.05) is 13.2 Å². The Hall–Kier alpha value is -1.92. The van der Waals surface area contributed by atoms with Gasteiger partial charge in [-0.05, 0) is 6.92 Å². The Kier molecular flexibility index (Phi) is 3.06. The lowest BCUT2D eigenvalue weighted by Gasteiger charge is -2.02. The molecule has 0 aliphatic carbocycles. The molecule has 0 aliphatic heterocycles. The first-order valence-electron chi connectivity index (χ1n) is 4.81. The molecule has 0 bridgehead atoms. The molecule has 0 fully saturated rings. The molecule has 0 saturated carbocycles. The maximum absolute atomic E-state index is 12.0. The highest BCUT2D eigenvalue weighted by Crippen LogP contribution is 2.22. The summed E-state index contributed by atoms with van der Waals surface area (Å²) in [6, 6.07) is 1.87. The van der Waals surface area contributed by atoms with E-state index in [2.05, 4.69) is 14.8 Å². The van der Waals surface area contributed by atoms with Gasteiger partial charge in [-0.15, -0.1) is 11.3 Å². The van der Waals surface area contributed by atoms with Crippen molar-refractivity contribution in [2.75, 3.05) is 4.72 Å². The van der Waals surface area contributed by atoms with E-state index < -0.39 is 10.0 Å². The molecule has 0 aromatic carbocycles. The second kappa shape index (κ2) is 4.40. The van der Waals surface area contributed by atoms with Crippen LogP contribution >= 0.6 is 11.3 Å². The standard InChI is InChI=1S/C9H9N5O2S2/c1-6-11-4-8(17-6)18(15,16)13-9-7(3-10)5-14(2)12-9/h4-5H,1-2H3,(H,12,13). The first-order chi connectivity index (χ1) is 8.42. The van der Waals surface area contributed by atoms with Gasteiger partial charge in [0.2, 0.25) is 0 Å². The molecule has 94 valence electrons. The van der Waals surface area contributed by atoms with E-state index in [0.717, 1.165) is 11.3 Å². The van der Waals surface area contributed by atoms with Crippen LogP contribution in [0.5, 0.6) is 0 Å². The van der Waals surface area contributed by atoms with Gasteiger partial charge >= 0.3 is 0 Å². The molecule has 2 rings (SSSR count). The molecule has 0 saturated heterocycles. The highest BCUT2D eigenvalue weighted by atomic mass is 32.2. The second-order valence-corrected chi connectivity index (χ2v) is 6.62. The number of hydrogen-bond donors (Lipinski definition) is 1. The van der Waals surface area contributed by atoms with Crippen molar-refractivity contribution >= 4 is 27.2 Å². The Morgan fingerprint density at radius 1 is 1.56 bits per heavy atom. The van der Waals surface area contributed by atoms with E-state index in [-0.39, 0.29) is 15.6 Å². The first-order valence-corrected chi connectivity index (χ1v) is 7.11. The van der Waals surface area contributed by atoms with Crippen LogP contribution in [0.25, 0.3) is 0 Å². The van der Waals surface area contributed by atoms with Crippen LogP contribution in [0.1, 0.15) is 10.6 Å². The van der Waals surface area contributed by atoms with Gasteiger partial charge in [0.15, 0.2) is 10.0 Å². The molecule has 9 heteroatoms. The Bertz CT molecular complexity index is 722. The van der Waals surface area contributed by atoms with Gasteiger partial charge in [0.25, 0.3) is 10.0 Å². The van der Waals surface area contributed by atoms with E-state index >= 15 is 0 Å². The molecule has 1 N–H and O–H groups in total. The fraction of sp³-hybridized carbons (Fsp3) is 0.222. The summed E-state index contributed by atoms with van der Waals surface area (Å²) in [4.78, 5) is 3.88. The molecule has 0 amide bonds. The van der Waals surface area contributed by atoms with Gasteiger partial charge in [-0.25, -0.2) is 13.4 Å². The lowest BCUT2D eigenvalue weighted by molar-refractivity contribution is 0.602. The highest BCUT2D eigenvalue weighted by molar-refractivity contribution is 7.94. The lowest BCUT2D eigenvalue weighted by atomic mass is 10.4. The van der Waals surface area contributed by atoms with Gasteiger partial charge in [0.1, 0.15) is 11.6 Å². The van der Waals surface area contributed by atoms with Crippen molar-refractivity contribution in [3.05, 3.63) is 23.0 Å². The molecule has 2 aromatic rings. The summed E-state index contributed by atoms with van der Waals surface area (Å²) in [6.07, 6.45) is 2.72. The number of hydrogen-bond acceptors (Lipinski definition) is 6. The average Bonchev–Trinajstić information content (AvgIpc) is 2.84. The Morgan fingerprint density at radius 3 is 2.83 bits per heavy atom. The predicted molar refractivity (Wildman–Crippen MR) is 65.6 cm³/mol. The third kappa shape index (κ3) is 2.34. The maximum Gasteiger partial charge on any atom is 0.274 e. The van der Waals surface area contributed by atoms with Crippen molar-refractivity contribution in [1.82, 2.24) is 14.8 Å². The van der Waals surface area contributed by atoms with Crippen molar-refractivity contribution in [3.63, 3.8) is 0 Å². The molecule has 2 aromatic heterocycles. The third-order valence-electron chi connectivity index (χ3n) is 2.05. The Labute approximate surface area is 108 Å². The maximum atomic E-state index is 12.0. The van der Waals surface area contributed by atoms with E-state index in [1.54, 1.807) is 14.0 Å². The van der Waals surface area contributed by atoms with E-state index in [1.807, 2.05) is 6.07 Å².